The number of hydrogen-bond donors (Lipinski definition) is 2. The number of hydrogen-bond acceptors (Lipinski definition) is 4. The fourth-order valence-electron chi connectivity index (χ4n) is 2.32. The lowest BCUT2D eigenvalue weighted by molar-refractivity contribution is 0.0951. The number of nitrogens with two attached hydrogens (primary N) is 1. The number of rotatable bonds is 3. The number of benzene rings is 1. The molecule has 3 rings (SSSR count). The molecular formula is C17H16N4O. The Morgan fingerprint density at radius 1 is 1.23 bits per heavy atom. The predicted octanol–water partition coefficient (Wildman–Crippen LogP) is 2.45. The topological polar surface area (TPSA) is 80.9 Å². The molecule has 0 aliphatic rings. The van der Waals surface area contributed by atoms with Crippen molar-refractivity contribution in [2.75, 3.05) is 5.73 Å². The smallest absolute Gasteiger partial charge is 0.251 e. The Morgan fingerprint density at radius 3 is 2.77 bits per heavy atom. The lowest BCUT2D eigenvalue weighted by atomic mass is 10.1. The highest BCUT2D eigenvalue weighted by atomic mass is 16.1. The summed E-state index contributed by atoms with van der Waals surface area (Å²) in [4.78, 5) is 20.7. The summed E-state index contributed by atoms with van der Waals surface area (Å²) in [5, 5.41) is 2.87. The standard InChI is InChI=1S/C17H16N4O/c1-11-7-15(18)21-14-8-12(9-19-16(11)14)10-20-17(22)13-5-3-2-4-6-13/h2-9H,10H2,1H3,(H2,18,21)(H,20,22). The number of aromatic nitrogens is 2. The summed E-state index contributed by atoms with van der Waals surface area (Å²) < 4.78 is 0. The Hall–Kier alpha value is -2.95. The lowest BCUT2D eigenvalue weighted by Crippen LogP contribution is -2.22. The van der Waals surface area contributed by atoms with Crippen molar-refractivity contribution in [2.24, 2.45) is 0 Å². The summed E-state index contributed by atoms with van der Waals surface area (Å²) in [6.07, 6.45) is 1.75. The largest absolute Gasteiger partial charge is 0.384 e. The Kier molecular flexibility index (Phi) is 3.70. The van der Waals surface area contributed by atoms with E-state index in [1.54, 1.807) is 24.4 Å². The van der Waals surface area contributed by atoms with Crippen LogP contribution in [0.1, 0.15) is 21.5 Å². The zero-order chi connectivity index (χ0) is 15.5. The number of fused-ring (bicyclic) bond motifs is 1. The Bertz CT molecular complexity index is 831. The van der Waals surface area contributed by atoms with Crippen LogP contribution in [0, 0.1) is 6.92 Å². The molecule has 22 heavy (non-hydrogen) atoms. The molecule has 0 aliphatic heterocycles. The maximum Gasteiger partial charge on any atom is 0.251 e. The van der Waals surface area contributed by atoms with Gasteiger partial charge < -0.3 is 11.1 Å². The number of pyridine rings is 2. The maximum absolute atomic E-state index is 12.0. The summed E-state index contributed by atoms with van der Waals surface area (Å²) in [5.74, 6) is 0.356. The van der Waals surface area contributed by atoms with E-state index in [4.69, 9.17) is 5.73 Å². The summed E-state index contributed by atoms with van der Waals surface area (Å²) in [6.45, 7) is 2.34. The monoisotopic (exact) mass is 292 g/mol. The van der Waals surface area contributed by atoms with Gasteiger partial charge in [-0.3, -0.25) is 9.78 Å². The normalized spacial score (nSPS) is 10.6. The van der Waals surface area contributed by atoms with Crippen LogP contribution >= 0.6 is 0 Å². The fourth-order valence-corrected chi connectivity index (χ4v) is 2.32. The van der Waals surface area contributed by atoms with Gasteiger partial charge in [0.2, 0.25) is 0 Å². The molecule has 3 N–H and O–H groups in total. The summed E-state index contributed by atoms with van der Waals surface area (Å²) in [6, 6.07) is 12.8. The van der Waals surface area contributed by atoms with Crippen molar-refractivity contribution >= 4 is 22.8 Å². The molecule has 5 heteroatoms. The number of nitrogen functional groups attached to an aromatic ring is 1. The highest BCUT2D eigenvalue weighted by Gasteiger charge is 2.07. The van der Waals surface area contributed by atoms with Gasteiger partial charge in [0.25, 0.3) is 5.91 Å². The van der Waals surface area contributed by atoms with Gasteiger partial charge in [0, 0.05) is 18.3 Å². The molecule has 2 aromatic heterocycles. The number of amides is 1. The van der Waals surface area contributed by atoms with Gasteiger partial charge in [0.1, 0.15) is 5.82 Å². The van der Waals surface area contributed by atoms with Crippen LogP contribution in [0.5, 0.6) is 0 Å². The van der Waals surface area contributed by atoms with E-state index >= 15 is 0 Å². The maximum atomic E-state index is 12.0. The molecule has 3 aromatic rings. The average molecular weight is 292 g/mol. The lowest BCUT2D eigenvalue weighted by Gasteiger charge is -2.07. The Balaban J connectivity index is 1.78. The molecule has 0 spiro atoms. The van der Waals surface area contributed by atoms with Crippen LogP contribution in [0.25, 0.3) is 11.0 Å². The first-order valence-electron chi connectivity index (χ1n) is 6.98. The molecule has 0 saturated heterocycles. The third-order valence-electron chi connectivity index (χ3n) is 3.40. The predicted molar refractivity (Wildman–Crippen MR) is 86.3 cm³/mol. The van der Waals surface area contributed by atoms with Crippen LogP contribution in [0.3, 0.4) is 0 Å². The van der Waals surface area contributed by atoms with E-state index in [-0.39, 0.29) is 5.91 Å². The highest BCUT2D eigenvalue weighted by molar-refractivity contribution is 5.94. The van der Waals surface area contributed by atoms with E-state index in [1.807, 2.05) is 31.2 Å². The van der Waals surface area contributed by atoms with E-state index in [2.05, 4.69) is 15.3 Å². The van der Waals surface area contributed by atoms with Gasteiger partial charge in [-0.05, 0) is 42.3 Å². The molecule has 0 radical (unpaired) electrons. The van der Waals surface area contributed by atoms with Crippen LogP contribution in [-0.2, 0) is 6.54 Å². The second kappa shape index (κ2) is 5.81. The number of carbonyl (C=O) groups excluding carboxylic acids is 1. The van der Waals surface area contributed by atoms with E-state index < -0.39 is 0 Å². The number of carbonyl (C=O) groups is 1. The summed E-state index contributed by atoms with van der Waals surface area (Å²) in [5.41, 5.74) is 9.84. The molecule has 110 valence electrons. The van der Waals surface area contributed by atoms with Gasteiger partial charge >= 0.3 is 0 Å². The van der Waals surface area contributed by atoms with Crippen molar-refractivity contribution in [3.63, 3.8) is 0 Å². The molecule has 0 saturated carbocycles. The van der Waals surface area contributed by atoms with Gasteiger partial charge in [-0.25, -0.2) is 4.98 Å². The van der Waals surface area contributed by atoms with Crippen molar-refractivity contribution in [2.45, 2.75) is 13.5 Å². The first-order valence-corrected chi connectivity index (χ1v) is 6.98. The molecule has 0 bridgehead atoms. The molecule has 1 aromatic carbocycles. The zero-order valence-electron chi connectivity index (χ0n) is 12.2. The number of nitrogens with one attached hydrogen (secondary N) is 1. The summed E-state index contributed by atoms with van der Waals surface area (Å²) in [7, 11) is 0. The van der Waals surface area contributed by atoms with Crippen molar-refractivity contribution in [1.29, 1.82) is 0 Å². The first kappa shape index (κ1) is 14.0. The van der Waals surface area contributed by atoms with Crippen molar-refractivity contribution < 1.29 is 4.79 Å². The zero-order valence-corrected chi connectivity index (χ0v) is 12.2. The van der Waals surface area contributed by atoms with Gasteiger partial charge in [0.05, 0.1) is 11.0 Å². The van der Waals surface area contributed by atoms with Gasteiger partial charge in [-0.1, -0.05) is 18.2 Å². The van der Waals surface area contributed by atoms with Crippen molar-refractivity contribution in [3.8, 4) is 0 Å². The summed E-state index contributed by atoms with van der Waals surface area (Å²) >= 11 is 0. The quantitative estimate of drug-likeness (QED) is 0.777. The van der Waals surface area contributed by atoms with Crippen LogP contribution in [0.2, 0.25) is 0 Å². The number of nitrogens with zero attached hydrogens (tertiary/aromatic N) is 2. The fraction of sp³-hybridized carbons (Fsp3) is 0.118. The number of anilines is 1. The van der Waals surface area contributed by atoms with Crippen LogP contribution in [0.15, 0.2) is 48.7 Å². The molecule has 1 amide bonds. The minimum atomic E-state index is -0.114. The van der Waals surface area contributed by atoms with Gasteiger partial charge in [-0.15, -0.1) is 0 Å². The van der Waals surface area contributed by atoms with E-state index in [0.29, 0.717) is 17.9 Å². The van der Waals surface area contributed by atoms with Crippen molar-refractivity contribution in [3.05, 3.63) is 65.4 Å². The molecule has 0 aliphatic carbocycles. The molecule has 2 heterocycles. The average Bonchev–Trinajstić information content (AvgIpc) is 2.53. The highest BCUT2D eigenvalue weighted by Crippen LogP contribution is 2.17. The second-order valence-corrected chi connectivity index (χ2v) is 5.12. The number of aryl methyl sites for hydroxylation is 1. The Morgan fingerprint density at radius 2 is 2.00 bits per heavy atom. The molecule has 0 fully saturated rings. The second-order valence-electron chi connectivity index (χ2n) is 5.12. The molecule has 0 unspecified atom stereocenters. The molecule has 5 nitrogen and oxygen atoms in total. The van der Waals surface area contributed by atoms with Gasteiger partial charge in [-0.2, -0.15) is 0 Å². The third kappa shape index (κ3) is 2.88. The SMILES string of the molecule is Cc1cc(N)nc2cc(CNC(=O)c3ccccc3)cnc12. The van der Waals surface area contributed by atoms with E-state index in [0.717, 1.165) is 22.2 Å². The van der Waals surface area contributed by atoms with Crippen LogP contribution < -0.4 is 11.1 Å². The third-order valence-corrected chi connectivity index (χ3v) is 3.40. The van der Waals surface area contributed by atoms with Crippen molar-refractivity contribution in [1.82, 2.24) is 15.3 Å². The van der Waals surface area contributed by atoms with Gasteiger partial charge in [0.15, 0.2) is 0 Å². The minimum absolute atomic E-state index is 0.114. The van der Waals surface area contributed by atoms with Crippen LogP contribution in [0.4, 0.5) is 5.82 Å². The Labute approximate surface area is 128 Å². The first-order chi connectivity index (χ1) is 10.6. The minimum Gasteiger partial charge on any atom is -0.384 e. The molecular weight excluding hydrogens is 276 g/mol. The molecule has 0 atom stereocenters. The van der Waals surface area contributed by atoms with E-state index in [9.17, 15) is 4.79 Å². The van der Waals surface area contributed by atoms with Crippen LogP contribution in [-0.4, -0.2) is 15.9 Å². The van der Waals surface area contributed by atoms with E-state index in [1.165, 1.54) is 0 Å².